The Balaban J connectivity index is 1.77. The lowest BCUT2D eigenvalue weighted by Gasteiger charge is -2.18. The molecule has 28 heavy (non-hydrogen) atoms. The number of aryl methyl sites for hydroxylation is 1. The van der Waals surface area contributed by atoms with Crippen LogP contribution >= 0.6 is 0 Å². The van der Waals surface area contributed by atoms with Crippen LogP contribution in [0.4, 0.5) is 5.69 Å². The number of aromatic nitrogens is 2. The summed E-state index contributed by atoms with van der Waals surface area (Å²) in [5.74, 6) is 0.000408. The van der Waals surface area contributed by atoms with E-state index in [1.165, 1.54) is 29.2 Å². The second kappa shape index (κ2) is 7.34. The van der Waals surface area contributed by atoms with Gasteiger partial charge < -0.3 is 4.90 Å². The summed E-state index contributed by atoms with van der Waals surface area (Å²) in [7, 11) is -1.37. The molecule has 1 aliphatic heterocycles. The Morgan fingerprint density at radius 1 is 1.32 bits per heavy atom. The minimum Gasteiger partial charge on any atom is -0.337 e. The van der Waals surface area contributed by atoms with Gasteiger partial charge in [-0.05, 0) is 32.4 Å². The second-order valence-corrected chi connectivity index (χ2v) is 9.34. The van der Waals surface area contributed by atoms with Crippen LogP contribution < -0.4 is 0 Å². The molecule has 0 spiro atoms. The average Bonchev–Trinajstić information content (AvgIpc) is 3.14. The molecule has 1 atom stereocenters. The fourth-order valence-corrected chi connectivity index (χ4v) is 5.20. The number of carbonyl (C=O) groups excluding carboxylic acids is 1. The summed E-state index contributed by atoms with van der Waals surface area (Å²) in [5.41, 5.74) is 2.77. The number of benzene rings is 1. The van der Waals surface area contributed by atoms with Gasteiger partial charge in [-0.2, -0.15) is 5.10 Å². The quantitative estimate of drug-likeness (QED) is 0.554. The van der Waals surface area contributed by atoms with Crippen molar-refractivity contribution in [2.75, 3.05) is 18.6 Å². The van der Waals surface area contributed by atoms with Gasteiger partial charge in [0.2, 0.25) is 0 Å². The normalized spacial score (nSPS) is 18.2. The Morgan fingerprint density at radius 2 is 1.96 bits per heavy atom. The third-order valence-corrected chi connectivity index (χ3v) is 6.85. The molecule has 2 aromatic rings. The lowest BCUT2D eigenvalue weighted by atomic mass is 10.1. The lowest BCUT2D eigenvalue weighted by molar-refractivity contribution is -0.384. The van der Waals surface area contributed by atoms with Crippen LogP contribution in [-0.4, -0.2) is 52.5 Å². The zero-order valence-corrected chi connectivity index (χ0v) is 16.8. The Labute approximate surface area is 163 Å². The van der Waals surface area contributed by atoms with E-state index in [9.17, 15) is 23.3 Å². The summed E-state index contributed by atoms with van der Waals surface area (Å²) < 4.78 is 25.3. The predicted octanol–water partition coefficient (Wildman–Crippen LogP) is 2.04. The monoisotopic (exact) mass is 406 g/mol. The lowest BCUT2D eigenvalue weighted by Crippen LogP contribution is -2.26. The highest BCUT2D eigenvalue weighted by molar-refractivity contribution is 7.91. The van der Waals surface area contributed by atoms with E-state index in [1.807, 2.05) is 13.8 Å². The van der Waals surface area contributed by atoms with Gasteiger partial charge >= 0.3 is 0 Å². The third-order valence-electron chi connectivity index (χ3n) is 5.10. The zero-order valence-electron chi connectivity index (χ0n) is 16.0. The van der Waals surface area contributed by atoms with E-state index in [-0.39, 0.29) is 29.1 Å². The number of non-ortho nitro benzene ring substituents is 1. The highest BCUT2D eigenvalue weighted by Gasteiger charge is 2.31. The highest BCUT2D eigenvalue weighted by Crippen LogP contribution is 2.27. The number of amides is 1. The van der Waals surface area contributed by atoms with Crippen molar-refractivity contribution in [3.05, 3.63) is 56.9 Å². The van der Waals surface area contributed by atoms with Crippen LogP contribution in [-0.2, 0) is 16.4 Å². The summed E-state index contributed by atoms with van der Waals surface area (Å²) in [5, 5.41) is 15.3. The zero-order chi connectivity index (χ0) is 20.6. The maximum atomic E-state index is 12.7. The van der Waals surface area contributed by atoms with Gasteiger partial charge in [0.15, 0.2) is 9.84 Å². The van der Waals surface area contributed by atoms with Crippen LogP contribution in [0.3, 0.4) is 0 Å². The van der Waals surface area contributed by atoms with Crippen molar-refractivity contribution in [2.24, 2.45) is 0 Å². The van der Waals surface area contributed by atoms with Gasteiger partial charge in [0.1, 0.15) is 0 Å². The van der Waals surface area contributed by atoms with Crippen LogP contribution in [0.2, 0.25) is 0 Å². The van der Waals surface area contributed by atoms with Gasteiger partial charge in [0, 0.05) is 42.5 Å². The van der Waals surface area contributed by atoms with Gasteiger partial charge in [-0.25, -0.2) is 8.42 Å². The molecule has 1 fully saturated rings. The number of nitrogens with zero attached hydrogens (tertiary/aromatic N) is 4. The molecule has 150 valence electrons. The molecule has 0 saturated carbocycles. The molecule has 1 aliphatic rings. The molecule has 2 heterocycles. The van der Waals surface area contributed by atoms with Crippen molar-refractivity contribution < 1.29 is 18.1 Å². The number of hydrogen-bond acceptors (Lipinski definition) is 6. The first kappa shape index (κ1) is 20.0. The Morgan fingerprint density at radius 3 is 2.50 bits per heavy atom. The van der Waals surface area contributed by atoms with Crippen molar-refractivity contribution in [1.82, 2.24) is 14.7 Å². The smallest absolute Gasteiger partial charge is 0.269 e. The molecule has 1 amide bonds. The van der Waals surface area contributed by atoms with Crippen LogP contribution in [0.15, 0.2) is 24.3 Å². The van der Waals surface area contributed by atoms with Crippen LogP contribution in [0.5, 0.6) is 0 Å². The summed E-state index contributed by atoms with van der Waals surface area (Å²) in [4.78, 5) is 24.4. The molecule has 0 unspecified atom stereocenters. The van der Waals surface area contributed by atoms with E-state index in [2.05, 4.69) is 5.10 Å². The number of sulfone groups is 1. The van der Waals surface area contributed by atoms with Crippen molar-refractivity contribution in [3.63, 3.8) is 0 Å². The number of hydrogen-bond donors (Lipinski definition) is 0. The Kier molecular flexibility index (Phi) is 5.24. The molecule has 10 heteroatoms. The average molecular weight is 406 g/mol. The minimum atomic E-state index is -3.02. The van der Waals surface area contributed by atoms with Crippen molar-refractivity contribution >= 4 is 21.4 Å². The number of rotatable bonds is 5. The van der Waals surface area contributed by atoms with E-state index in [0.717, 1.165) is 17.0 Å². The molecular formula is C18H22N4O5S. The summed E-state index contributed by atoms with van der Waals surface area (Å²) in [6, 6.07) is 5.30. The third kappa shape index (κ3) is 3.91. The topological polar surface area (TPSA) is 115 Å². The van der Waals surface area contributed by atoms with Gasteiger partial charge in [0.05, 0.1) is 28.2 Å². The predicted molar refractivity (Wildman–Crippen MR) is 103 cm³/mol. The van der Waals surface area contributed by atoms with E-state index in [1.54, 1.807) is 11.7 Å². The standard InChI is InChI=1S/C18H22N4O5S/c1-12-17(13(2)21(19-12)16-8-9-28(26,27)11-16)10-20(3)18(23)14-4-6-15(7-5-14)22(24)25/h4-7,16H,8-11H2,1-3H3/t16-/m0/s1. The fraction of sp³-hybridized carbons (Fsp3) is 0.444. The van der Waals surface area contributed by atoms with E-state index in [0.29, 0.717) is 18.5 Å². The first-order valence-electron chi connectivity index (χ1n) is 8.84. The molecule has 0 aliphatic carbocycles. The fourth-order valence-electron chi connectivity index (χ4n) is 3.50. The second-order valence-electron chi connectivity index (χ2n) is 7.12. The first-order valence-corrected chi connectivity index (χ1v) is 10.7. The van der Waals surface area contributed by atoms with Crippen molar-refractivity contribution in [2.45, 2.75) is 32.9 Å². The molecule has 1 aromatic heterocycles. The molecular weight excluding hydrogens is 384 g/mol. The van der Waals surface area contributed by atoms with E-state index in [4.69, 9.17) is 0 Å². The first-order chi connectivity index (χ1) is 13.1. The molecule has 9 nitrogen and oxygen atoms in total. The molecule has 3 rings (SSSR count). The maximum absolute atomic E-state index is 12.7. The number of nitro groups is 1. The van der Waals surface area contributed by atoms with Crippen LogP contribution in [0, 0.1) is 24.0 Å². The SMILES string of the molecule is Cc1nn([C@H]2CCS(=O)(=O)C2)c(C)c1CN(C)C(=O)c1ccc([N+](=O)[O-])cc1. The van der Waals surface area contributed by atoms with Gasteiger partial charge in [0.25, 0.3) is 11.6 Å². The van der Waals surface area contributed by atoms with Crippen molar-refractivity contribution in [1.29, 1.82) is 0 Å². The highest BCUT2D eigenvalue weighted by atomic mass is 32.2. The molecule has 0 N–H and O–H groups in total. The van der Waals surface area contributed by atoms with Gasteiger partial charge in [-0.15, -0.1) is 0 Å². The number of carbonyl (C=O) groups is 1. The maximum Gasteiger partial charge on any atom is 0.269 e. The van der Waals surface area contributed by atoms with Gasteiger partial charge in [-0.1, -0.05) is 0 Å². The summed E-state index contributed by atoms with van der Waals surface area (Å²) >= 11 is 0. The van der Waals surface area contributed by atoms with E-state index >= 15 is 0 Å². The summed E-state index contributed by atoms with van der Waals surface area (Å²) in [6.45, 7) is 4.03. The Hall–Kier alpha value is -2.75. The molecule has 0 radical (unpaired) electrons. The van der Waals surface area contributed by atoms with Crippen molar-refractivity contribution in [3.8, 4) is 0 Å². The molecule has 1 saturated heterocycles. The minimum absolute atomic E-state index is 0.0707. The van der Waals surface area contributed by atoms with Crippen LogP contribution in [0.1, 0.15) is 39.8 Å². The molecule has 1 aromatic carbocycles. The Bertz CT molecular complexity index is 1030. The van der Waals surface area contributed by atoms with Gasteiger partial charge in [-0.3, -0.25) is 19.6 Å². The molecule has 0 bridgehead atoms. The van der Waals surface area contributed by atoms with Crippen LogP contribution in [0.25, 0.3) is 0 Å². The summed E-state index contributed by atoms with van der Waals surface area (Å²) in [6.07, 6.45) is 0.543. The largest absolute Gasteiger partial charge is 0.337 e. The number of nitro benzene ring substituents is 1. The van der Waals surface area contributed by atoms with E-state index < -0.39 is 14.8 Å².